The first kappa shape index (κ1) is 13.2. The van der Waals surface area contributed by atoms with Crippen LogP contribution in [-0.2, 0) is 4.79 Å². The molecule has 1 heteroatoms. The van der Waals surface area contributed by atoms with Crippen LogP contribution in [0.15, 0.2) is 22.8 Å². The Bertz CT molecular complexity index is 331. The van der Waals surface area contributed by atoms with Gasteiger partial charge in [0.25, 0.3) is 0 Å². The third-order valence-electron chi connectivity index (χ3n) is 4.11. The van der Waals surface area contributed by atoms with Crippen molar-refractivity contribution in [3.63, 3.8) is 0 Å². The number of hydrogen-bond acceptors (Lipinski definition) is 1. The molecule has 0 heterocycles. The molecule has 16 heavy (non-hydrogen) atoms. The van der Waals surface area contributed by atoms with E-state index in [1.807, 2.05) is 6.92 Å². The molecule has 1 aliphatic rings. The van der Waals surface area contributed by atoms with Crippen LogP contribution in [0.2, 0.25) is 0 Å². The number of allylic oxidation sites excluding steroid dienone is 4. The van der Waals surface area contributed by atoms with Gasteiger partial charge in [0.2, 0.25) is 0 Å². The first-order valence-corrected chi connectivity index (χ1v) is 6.16. The Hall–Kier alpha value is -0.850. The SMILES string of the molecule is CC1=CCCC(C)(C)C1CC(C)=C(C)C=O. The van der Waals surface area contributed by atoms with Crippen LogP contribution in [0.5, 0.6) is 0 Å². The zero-order valence-electron chi connectivity index (χ0n) is 11.3. The highest BCUT2D eigenvalue weighted by Gasteiger charge is 2.32. The van der Waals surface area contributed by atoms with Gasteiger partial charge in [0, 0.05) is 0 Å². The van der Waals surface area contributed by atoms with Crippen molar-refractivity contribution < 1.29 is 4.79 Å². The number of hydrogen-bond donors (Lipinski definition) is 0. The first-order chi connectivity index (χ1) is 7.38. The van der Waals surface area contributed by atoms with E-state index < -0.39 is 0 Å². The molecule has 1 rings (SSSR count). The van der Waals surface area contributed by atoms with E-state index in [0.29, 0.717) is 11.3 Å². The average molecular weight is 220 g/mol. The van der Waals surface area contributed by atoms with E-state index in [-0.39, 0.29) is 0 Å². The second kappa shape index (κ2) is 4.99. The van der Waals surface area contributed by atoms with Crippen LogP contribution < -0.4 is 0 Å². The predicted molar refractivity (Wildman–Crippen MR) is 69.3 cm³/mol. The number of carbonyl (C=O) groups is 1. The third-order valence-corrected chi connectivity index (χ3v) is 4.11. The van der Waals surface area contributed by atoms with Gasteiger partial charge in [-0.3, -0.25) is 4.79 Å². The standard InChI is InChI=1S/C15H24O/c1-11-7-6-8-15(4,5)14(11)9-12(2)13(3)10-16/h7,10,14H,6,8-9H2,1-5H3. The highest BCUT2D eigenvalue weighted by Crippen LogP contribution is 2.44. The average Bonchev–Trinajstić information content (AvgIpc) is 2.21. The molecule has 1 atom stereocenters. The molecule has 0 aromatic rings. The van der Waals surface area contributed by atoms with E-state index in [2.05, 4.69) is 33.8 Å². The Morgan fingerprint density at radius 1 is 1.50 bits per heavy atom. The number of carbonyl (C=O) groups excluding carboxylic acids is 1. The largest absolute Gasteiger partial charge is 0.298 e. The second-order valence-electron chi connectivity index (χ2n) is 5.81. The van der Waals surface area contributed by atoms with Gasteiger partial charge in [0.1, 0.15) is 6.29 Å². The van der Waals surface area contributed by atoms with Crippen molar-refractivity contribution in [2.24, 2.45) is 11.3 Å². The minimum Gasteiger partial charge on any atom is -0.298 e. The van der Waals surface area contributed by atoms with E-state index in [4.69, 9.17) is 0 Å². The summed E-state index contributed by atoms with van der Waals surface area (Å²) >= 11 is 0. The fourth-order valence-corrected chi connectivity index (χ4v) is 2.61. The molecule has 0 N–H and O–H groups in total. The van der Waals surface area contributed by atoms with Crippen LogP contribution in [0.3, 0.4) is 0 Å². The summed E-state index contributed by atoms with van der Waals surface area (Å²) in [4.78, 5) is 10.8. The summed E-state index contributed by atoms with van der Waals surface area (Å²) in [5, 5.41) is 0. The molecule has 0 saturated heterocycles. The van der Waals surface area contributed by atoms with Crippen molar-refractivity contribution >= 4 is 6.29 Å². The molecule has 0 aromatic heterocycles. The topological polar surface area (TPSA) is 17.1 Å². The summed E-state index contributed by atoms with van der Waals surface area (Å²) in [7, 11) is 0. The lowest BCUT2D eigenvalue weighted by atomic mass is 9.66. The smallest absolute Gasteiger partial charge is 0.145 e. The normalized spacial score (nSPS) is 25.8. The van der Waals surface area contributed by atoms with Crippen LogP contribution >= 0.6 is 0 Å². The Morgan fingerprint density at radius 3 is 2.62 bits per heavy atom. The van der Waals surface area contributed by atoms with Gasteiger partial charge in [-0.15, -0.1) is 0 Å². The zero-order chi connectivity index (χ0) is 12.3. The third kappa shape index (κ3) is 2.84. The molecule has 0 radical (unpaired) electrons. The molecule has 0 fully saturated rings. The lowest BCUT2D eigenvalue weighted by Crippen LogP contribution is -2.28. The van der Waals surface area contributed by atoms with Gasteiger partial charge in [-0.05, 0) is 56.9 Å². The van der Waals surface area contributed by atoms with Crippen molar-refractivity contribution in [2.45, 2.75) is 53.9 Å². The van der Waals surface area contributed by atoms with E-state index in [1.54, 1.807) is 0 Å². The van der Waals surface area contributed by atoms with Crippen molar-refractivity contribution in [1.82, 2.24) is 0 Å². The van der Waals surface area contributed by atoms with Crippen molar-refractivity contribution in [3.05, 3.63) is 22.8 Å². The molecule has 0 aromatic carbocycles. The maximum Gasteiger partial charge on any atom is 0.145 e. The van der Waals surface area contributed by atoms with Crippen molar-refractivity contribution in [3.8, 4) is 0 Å². The number of rotatable bonds is 3. The van der Waals surface area contributed by atoms with Gasteiger partial charge in [0.05, 0.1) is 0 Å². The van der Waals surface area contributed by atoms with Gasteiger partial charge in [-0.1, -0.05) is 31.1 Å². The van der Waals surface area contributed by atoms with E-state index in [1.165, 1.54) is 24.0 Å². The van der Waals surface area contributed by atoms with Crippen LogP contribution in [0.4, 0.5) is 0 Å². The molecule has 0 amide bonds. The minimum atomic E-state index is 0.364. The molecular formula is C15H24O. The molecule has 0 aliphatic heterocycles. The fraction of sp³-hybridized carbons (Fsp3) is 0.667. The quantitative estimate of drug-likeness (QED) is 0.394. The van der Waals surface area contributed by atoms with E-state index in [0.717, 1.165) is 18.3 Å². The summed E-state index contributed by atoms with van der Waals surface area (Å²) < 4.78 is 0. The predicted octanol–water partition coefficient (Wildman–Crippen LogP) is 4.29. The molecule has 90 valence electrons. The zero-order valence-corrected chi connectivity index (χ0v) is 11.3. The van der Waals surface area contributed by atoms with Crippen LogP contribution in [-0.4, -0.2) is 6.29 Å². The molecule has 0 bridgehead atoms. The first-order valence-electron chi connectivity index (χ1n) is 6.16. The van der Waals surface area contributed by atoms with Crippen molar-refractivity contribution in [2.75, 3.05) is 0 Å². The molecular weight excluding hydrogens is 196 g/mol. The van der Waals surface area contributed by atoms with Crippen molar-refractivity contribution in [1.29, 1.82) is 0 Å². The van der Waals surface area contributed by atoms with Gasteiger partial charge >= 0.3 is 0 Å². The monoisotopic (exact) mass is 220 g/mol. The summed E-state index contributed by atoms with van der Waals surface area (Å²) in [5.41, 5.74) is 4.00. The lowest BCUT2D eigenvalue weighted by molar-refractivity contribution is -0.104. The Kier molecular flexibility index (Phi) is 4.12. The summed E-state index contributed by atoms with van der Waals surface area (Å²) in [6.07, 6.45) is 6.82. The van der Waals surface area contributed by atoms with Gasteiger partial charge in [-0.2, -0.15) is 0 Å². The van der Waals surface area contributed by atoms with Crippen LogP contribution in [0.1, 0.15) is 53.9 Å². The Morgan fingerprint density at radius 2 is 2.12 bits per heavy atom. The second-order valence-corrected chi connectivity index (χ2v) is 5.81. The minimum absolute atomic E-state index is 0.364. The molecule has 1 aliphatic carbocycles. The van der Waals surface area contributed by atoms with E-state index in [9.17, 15) is 4.79 Å². The highest BCUT2D eigenvalue weighted by atomic mass is 16.1. The number of aldehydes is 1. The Labute approximate surface area is 99.6 Å². The maximum absolute atomic E-state index is 10.8. The van der Waals surface area contributed by atoms with Crippen LogP contribution in [0, 0.1) is 11.3 Å². The van der Waals surface area contributed by atoms with Gasteiger partial charge < -0.3 is 0 Å². The van der Waals surface area contributed by atoms with Gasteiger partial charge in [-0.25, -0.2) is 0 Å². The van der Waals surface area contributed by atoms with Gasteiger partial charge in [0.15, 0.2) is 0 Å². The maximum atomic E-state index is 10.8. The molecule has 0 saturated carbocycles. The molecule has 0 spiro atoms. The summed E-state index contributed by atoms with van der Waals surface area (Å²) in [6, 6.07) is 0. The highest BCUT2D eigenvalue weighted by molar-refractivity contribution is 5.73. The molecule has 1 nitrogen and oxygen atoms in total. The fourth-order valence-electron chi connectivity index (χ4n) is 2.61. The Balaban J connectivity index is 2.90. The molecule has 1 unspecified atom stereocenters. The van der Waals surface area contributed by atoms with Crippen LogP contribution in [0.25, 0.3) is 0 Å². The van der Waals surface area contributed by atoms with E-state index >= 15 is 0 Å². The summed E-state index contributed by atoms with van der Waals surface area (Å²) in [5.74, 6) is 0.594. The lowest BCUT2D eigenvalue weighted by Gasteiger charge is -2.39. The summed E-state index contributed by atoms with van der Waals surface area (Å²) in [6.45, 7) is 10.9.